The smallest absolute Gasteiger partial charge is 0.0776 e. The van der Waals surface area contributed by atoms with Crippen LogP contribution in [0.25, 0.3) is 0 Å². The Morgan fingerprint density at radius 3 is 0.182 bits per heavy atom. The first-order chi connectivity index (χ1) is 0. The Bertz CT molecular complexity index is 4.83. The fourth-order valence-electron chi connectivity index (χ4n) is 0. The first-order valence-corrected chi connectivity index (χ1v) is 0. The Morgan fingerprint density at radius 1 is 0.182 bits per heavy atom. The molecule has 0 aromatic carbocycles. The van der Waals surface area contributed by atoms with Gasteiger partial charge >= 0.3 is 0 Å². The zero-order valence-corrected chi connectivity index (χ0v) is 5.00. The van der Waals surface area contributed by atoms with E-state index in [9.17, 15) is 0 Å². The van der Waals surface area contributed by atoms with Gasteiger partial charge < -0.3 is 54.8 Å². The molecule has 0 radical (unpaired) electrons. The van der Waals surface area contributed by atoms with Gasteiger partial charge in [0.2, 0.25) is 0 Å². The predicted molar refractivity (Wildman–Crippen MR) is 42.9 cm³/mol. The van der Waals surface area contributed by atoms with Crippen LogP contribution in [0.5, 0.6) is 0 Å². The number of hydrogen-bond acceptors (Lipinski definition) is 0. The molecule has 0 heterocycles. The maximum Gasteiger partial charge on any atom is -0.0776 e. The van der Waals surface area contributed by atoms with Gasteiger partial charge in [0.1, 0.15) is 0 Å². The number of hydrogen-bond donors (Lipinski definition) is 0. The molecule has 10 heteroatoms. The topological polar surface area (TPSA) is 315 Å². The minimum Gasteiger partial charge on any atom is -0.412 e. The van der Waals surface area contributed by atoms with Crippen molar-refractivity contribution in [2.75, 3.05) is 0 Å². The lowest BCUT2D eigenvalue weighted by Crippen LogP contribution is -0.290. The van der Waals surface area contributed by atoms with E-state index in [-0.39, 0.29) is 62.2 Å². The van der Waals surface area contributed by atoms with Gasteiger partial charge in [-0.25, -0.2) is 0 Å². The third kappa shape index (κ3) is 3470. The predicted octanol–water partition coefficient (Wildman–Crippen LogP) is -7.61. The summed E-state index contributed by atoms with van der Waals surface area (Å²) in [5, 5.41) is 0. The van der Waals surface area contributed by atoms with Crippen molar-refractivity contribution >= 4 is 0 Å². The number of rotatable bonds is 0. The fourth-order valence-corrected chi connectivity index (χ4v) is 0. The van der Waals surface area contributed by atoms with Crippen molar-refractivity contribution in [2.24, 2.45) is 0 Å². The minimum absolute atomic E-state index is 0. The van der Waals surface area contributed by atoms with Gasteiger partial charge in [-0.3, -0.25) is 0 Å². The summed E-state index contributed by atoms with van der Waals surface area (Å²) in [6, 6.07) is 0. The Morgan fingerprint density at radius 2 is 0.182 bits per heavy atom. The highest BCUT2D eigenvalue weighted by molar-refractivity contribution is 2.50. The molecule has 0 bridgehead atoms. The van der Waals surface area contributed by atoms with Crippen LogP contribution in [0.3, 0.4) is 0 Å². The SMILES string of the molecule is C.O.O.O.O.O.O.O.O.O.O. The van der Waals surface area contributed by atoms with Crippen LogP contribution in [-0.4, -0.2) is 54.8 Å². The van der Waals surface area contributed by atoms with E-state index < -0.39 is 0 Å². The van der Waals surface area contributed by atoms with Crippen LogP contribution < -0.4 is 0 Å². The monoisotopic (exact) mass is 196 g/mol. The fraction of sp³-hybridized carbons (Fsp3) is 1.00. The molecule has 0 rings (SSSR count). The third-order valence-corrected chi connectivity index (χ3v) is 0. The van der Waals surface area contributed by atoms with Crippen LogP contribution in [0.2, 0.25) is 0 Å². The molecule has 0 aliphatic carbocycles. The molecule has 10 nitrogen and oxygen atoms in total. The van der Waals surface area contributed by atoms with E-state index in [1.54, 1.807) is 0 Å². The van der Waals surface area contributed by atoms with Gasteiger partial charge in [0, 0.05) is 0 Å². The van der Waals surface area contributed by atoms with E-state index in [1.165, 1.54) is 0 Å². The van der Waals surface area contributed by atoms with Crippen LogP contribution in [0.4, 0.5) is 0 Å². The molecule has 0 amide bonds. The zero-order valence-electron chi connectivity index (χ0n) is 5.00. The van der Waals surface area contributed by atoms with E-state index in [4.69, 9.17) is 0 Å². The molecule has 0 unspecified atom stereocenters. The van der Waals surface area contributed by atoms with Crippen LogP contribution in [-0.2, 0) is 0 Å². The molecule has 0 aliphatic rings. The molecule has 20 N–H and O–H groups in total. The summed E-state index contributed by atoms with van der Waals surface area (Å²) in [5.74, 6) is 0. The van der Waals surface area contributed by atoms with Crippen molar-refractivity contribution < 1.29 is 54.8 Å². The van der Waals surface area contributed by atoms with Gasteiger partial charge in [-0.2, -0.15) is 0 Å². The van der Waals surface area contributed by atoms with Crippen molar-refractivity contribution in [3.63, 3.8) is 0 Å². The van der Waals surface area contributed by atoms with Crippen molar-refractivity contribution in [1.29, 1.82) is 0 Å². The maximum atomic E-state index is 0. The molecule has 0 saturated heterocycles. The summed E-state index contributed by atoms with van der Waals surface area (Å²) in [5.41, 5.74) is 0. The summed E-state index contributed by atoms with van der Waals surface area (Å²) < 4.78 is 0. The molecular formula is CH24O10. The molecular weight excluding hydrogens is 172 g/mol. The Hall–Kier alpha value is -0.400. The first-order valence-electron chi connectivity index (χ1n) is 0. The highest BCUT2D eigenvalue weighted by Crippen LogP contribution is 0.144. The molecule has 0 spiro atoms. The van der Waals surface area contributed by atoms with Gasteiger partial charge in [-0.15, -0.1) is 0 Å². The van der Waals surface area contributed by atoms with Gasteiger partial charge in [0.05, 0.1) is 0 Å². The Labute approximate surface area is 63.5 Å². The Balaban J connectivity index is 0. The summed E-state index contributed by atoms with van der Waals surface area (Å²) in [6.07, 6.45) is 0. The lowest BCUT2D eigenvalue weighted by Gasteiger charge is -0.413. The van der Waals surface area contributed by atoms with E-state index >= 15 is 0 Å². The summed E-state index contributed by atoms with van der Waals surface area (Å²) in [4.78, 5) is 0. The van der Waals surface area contributed by atoms with Crippen molar-refractivity contribution in [2.45, 2.75) is 7.43 Å². The third-order valence-electron chi connectivity index (χ3n) is 0. The molecule has 0 aromatic rings. The normalized spacial score (nSPS) is 0. The molecule has 0 saturated carbocycles. The van der Waals surface area contributed by atoms with Gasteiger partial charge in [0.15, 0.2) is 0 Å². The maximum absolute atomic E-state index is 0. The molecule has 11 heavy (non-hydrogen) atoms. The Kier molecular flexibility index (Phi) is 2460000. The lowest BCUT2D eigenvalue weighted by molar-refractivity contribution is 0.823. The first kappa shape index (κ1) is 6110. The average Bonchev–Trinajstić information content (AvgIpc) is 0. The van der Waals surface area contributed by atoms with E-state index in [0.717, 1.165) is 0 Å². The zero-order chi connectivity index (χ0) is 0. The largest absolute Gasteiger partial charge is 0.412 e. The van der Waals surface area contributed by atoms with Crippen molar-refractivity contribution in [3.05, 3.63) is 0 Å². The minimum atomic E-state index is 0. The summed E-state index contributed by atoms with van der Waals surface area (Å²) in [6.45, 7) is 0. The second-order valence-electron chi connectivity index (χ2n) is 0. The quantitative estimate of drug-likeness (QED) is 0.348. The highest BCUT2D eigenvalue weighted by atomic mass is 16.0. The molecule has 0 aromatic heterocycles. The molecule has 0 atom stereocenters. The van der Waals surface area contributed by atoms with Crippen molar-refractivity contribution in [1.82, 2.24) is 0 Å². The van der Waals surface area contributed by atoms with Crippen molar-refractivity contribution in [3.8, 4) is 0 Å². The van der Waals surface area contributed by atoms with Gasteiger partial charge in [-0.1, -0.05) is 7.43 Å². The van der Waals surface area contributed by atoms with E-state index in [1.807, 2.05) is 0 Å². The second kappa shape index (κ2) is 4440. The van der Waals surface area contributed by atoms with E-state index in [0.29, 0.717) is 0 Å². The van der Waals surface area contributed by atoms with Crippen LogP contribution in [0.1, 0.15) is 7.43 Å². The molecule has 0 aliphatic heterocycles. The average molecular weight is 196 g/mol. The van der Waals surface area contributed by atoms with Gasteiger partial charge in [0.25, 0.3) is 0 Å². The standard InChI is InChI=1S/CH4.10H2O/h1H4;10*1H2. The van der Waals surface area contributed by atoms with Gasteiger partial charge in [-0.05, 0) is 0 Å². The molecule has 0 fully saturated rings. The second-order valence-corrected chi connectivity index (χ2v) is 0. The van der Waals surface area contributed by atoms with E-state index in [2.05, 4.69) is 0 Å². The highest BCUT2D eigenvalue weighted by Gasteiger charge is -0.0775. The lowest BCUT2D eigenvalue weighted by atomic mass is 12.0. The molecule has 88 valence electrons. The summed E-state index contributed by atoms with van der Waals surface area (Å²) >= 11 is 0. The van der Waals surface area contributed by atoms with Crippen LogP contribution >= 0.6 is 0 Å². The summed E-state index contributed by atoms with van der Waals surface area (Å²) in [7, 11) is 0. The van der Waals surface area contributed by atoms with Crippen LogP contribution in [0.15, 0.2) is 0 Å². The van der Waals surface area contributed by atoms with Crippen LogP contribution in [0, 0.1) is 0 Å².